The topological polar surface area (TPSA) is 60.2 Å². The molecule has 0 spiro atoms. The third-order valence-corrected chi connectivity index (χ3v) is 4.39. The van der Waals surface area contributed by atoms with Gasteiger partial charge in [-0.1, -0.05) is 18.2 Å². The van der Waals surface area contributed by atoms with Crippen LogP contribution in [0.3, 0.4) is 0 Å². The Kier molecular flexibility index (Phi) is 5.98. The van der Waals surface area contributed by atoms with Gasteiger partial charge in [-0.2, -0.15) is 5.10 Å². The lowest BCUT2D eigenvalue weighted by atomic mass is 10.0. The van der Waals surface area contributed by atoms with Crippen molar-refractivity contribution in [3.8, 4) is 5.69 Å². The number of aromatic nitrogens is 3. The minimum absolute atomic E-state index is 0.357. The molecule has 0 radical (unpaired) electrons. The van der Waals surface area contributed by atoms with Gasteiger partial charge in [0.15, 0.2) is 0 Å². The molecule has 0 N–H and O–H groups in total. The highest BCUT2D eigenvalue weighted by Gasteiger charge is 2.16. The van der Waals surface area contributed by atoms with Crippen LogP contribution < -0.4 is 0 Å². The molecule has 0 aliphatic rings. The molecular formula is C21H24N4O2. The van der Waals surface area contributed by atoms with Crippen LogP contribution in [-0.2, 0) is 17.6 Å². The van der Waals surface area contributed by atoms with E-state index in [4.69, 9.17) is 9.84 Å². The third-order valence-electron chi connectivity index (χ3n) is 4.39. The fourth-order valence-electron chi connectivity index (χ4n) is 2.92. The van der Waals surface area contributed by atoms with Crippen molar-refractivity contribution in [1.29, 1.82) is 0 Å². The summed E-state index contributed by atoms with van der Waals surface area (Å²) in [6, 6.07) is 11.7. The van der Waals surface area contributed by atoms with Crippen LogP contribution in [0.25, 0.3) is 5.69 Å². The Morgan fingerprint density at radius 3 is 2.63 bits per heavy atom. The molecule has 0 amide bonds. The number of nitrogens with zero attached hydrogens (tertiary/aromatic N) is 4. The van der Waals surface area contributed by atoms with E-state index in [1.54, 1.807) is 18.5 Å². The Morgan fingerprint density at radius 1 is 1.15 bits per heavy atom. The first-order valence-electron chi connectivity index (χ1n) is 8.87. The van der Waals surface area contributed by atoms with E-state index in [1.807, 2.05) is 35.0 Å². The predicted octanol–water partition coefficient (Wildman–Crippen LogP) is 2.75. The minimum Gasteiger partial charge on any atom is -0.465 e. The number of hydrogen-bond acceptors (Lipinski definition) is 5. The van der Waals surface area contributed by atoms with Crippen molar-refractivity contribution in [1.82, 2.24) is 19.7 Å². The zero-order chi connectivity index (χ0) is 19.2. The number of para-hydroxylation sites is 1. The van der Waals surface area contributed by atoms with Crippen LogP contribution in [-0.4, -0.2) is 53.4 Å². The van der Waals surface area contributed by atoms with Crippen LogP contribution in [0.5, 0.6) is 0 Å². The van der Waals surface area contributed by atoms with Crippen molar-refractivity contribution in [3.05, 3.63) is 77.4 Å². The first-order chi connectivity index (χ1) is 13.1. The normalized spacial score (nSPS) is 11.0. The number of methoxy groups -OCH3 is 1. The summed E-state index contributed by atoms with van der Waals surface area (Å²) in [7, 11) is 5.49. The van der Waals surface area contributed by atoms with Gasteiger partial charge in [0.2, 0.25) is 0 Å². The summed E-state index contributed by atoms with van der Waals surface area (Å²) in [6.07, 6.45) is 6.79. The van der Waals surface area contributed by atoms with Gasteiger partial charge in [0.05, 0.1) is 24.1 Å². The number of carbonyl (C=O) groups is 1. The summed E-state index contributed by atoms with van der Waals surface area (Å²) in [5.41, 5.74) is 4.45. The molecule has 3 rings (SSSR count). The molecule has 0 bridgehead atoms. The van der Waals surface area contributed by atoms with Gasteiger partial charge >= 0.3 is 5.97 Å². The van der Waals surface area contributed by atoms with Crippen molar-refractivity contribution < 1.29 is 9.53 Å². The zero-order valence-electron chi connectivity index (χ0n) is 15.9. The Morgan fingerprint density at radius 2 is 1.93 bits per heavy atom. The molecule has 140 valence electrons. The lowest BCUT2D eigenvalue weighted by molar-refractivity contribution is 0.0599. The van der Waals surface area contributed by atoms with Gasteiger partial charge in [0.1, 0.15) is 0 Å². The average Bonchev–Trinajstić information content (AvgIpc) is 3.09. The summed E-state index contributed by atoms with van der Waals surface area (Å²) < 4.78 is 6.80. The number of hydrogen-bond donors (Lipinski definition) is 0. The largest absolute Gasteiger partial charge is 0.465 e. The van der Waals surface area contributed by atoms with Crippen LogP contribution in [0.1, 0.15) is 27.2 Å². The van der Waals surface area contributed by atoms with Crippen LogP contribution >= 0.6 is 0 Å². The van der Waals surface area contributed by atoms with Crippen LogP contribution in [0.4, 0.5) is 0 Å². The minimum atomic E-state index is -0.357. The standard InChI is InChI=1S/C21H24N4O2/c1-24(2)12-10-16-15-25(18-7-5-4-6-8-18)23-20(16)13-17-14-22-11-9-19(17)21(26)27-3/h4-9,11,14-15H,10,12-13H2,1-3H3. The second-order valence-electron chi connectivity index (χ2n) is 6.64. The number of ether oxygens (including phenoxy) is 1. The lowest BCUT2D eigenvalue weighted by Gasteiger charge is -2.10. The monoisotopic (exact) mass is 364 g/mol. The highest BCUT2D eigenvalue weighted by atomic mass is 16.5. The van der Waals surface area contributed by atoms with Crippen LogP contribution in [0, 0.1) is 0 Å². The Bertz CT molecular complexity index is 904. The molecule has 3 aromatic rings. The first-order valence-corrected chi connectivity index (χ1v) is 8.87. The molecule has 0 atom stereocenters. The number of pyridine rings is 1. The van der Waals surface area contributed by atoms with Gasteiger partial charge in [-0.25, -0.2) is 9.48 Å². The molecule has 0 aliphatic carbocycles. The van der Waals surface area contributed by atoms with Gasteiger partial charge in [-0.15, -0.1) is 0 Å². The van der Waals surface area contributed by atoms with E-state index in [-0.39, 0.29) is 5.97 Å². The second kappa shape index (κ2) is 8.60. The number of esters is 1. The molecule has 0 saturated carbocycles. The average molecular weight is 364 g/mol. The number of benzene rings is 1. The highest BCUT2D eigenvalue weighted by molar-refractivity contribution is 5.90. The summed E-state index contributed by atoms with van der Waals surface area (Å²) in [5.74, 6) is -0.357. The lowest BCUT2D eigenvalue weighted by Crippen LogP contribution is -2.15. The highest BCUT2D eigenvalue weighted by Crippen LogP contribution is 2.19. The predicted molar refractivity (Wildman–Crippen MR) is 104 cm³/mol. The van der Waals surface area contributed by atoms with E-state index < -0.39 is 0 Å². The Balaban J connectivity index is 1.96. The molecule has 27 heavy (non-hydrogen) atoms. The third kappa shape index (κ3) is 4.60. The molecule has 2 aromatic heterocycles. The zero-order valence-corrected chi connectivity index (χ0v) is 15.9. The second-order valence-corrected chi connectivity index (χ2v) is 6.64. The van der Waals surface area contributed by atoms with Crippen molar-refractivity contribution in [3.63, 3.8) is 0 Å². The van der Waals surface area contributed by atoms with Crippen molar-refractivity contribution in [2.75, 3.05) is 27.7 Å². The molecule has 6 nitrogen and oxygen atoms in total. The molecule has 2 heterocycles. The summed E-state index contributed by atoms with van der Waals surface area (Å²) >= 11 is 0. The first kappa shape index (κ1) is 18.8. The number of carbonyl (C=O) groups excluding carboxylic acids is 1. The number of likely N-dealkylation sites (N-methyl/N-ethyl adjacent to an activating group) is 1. The smallest absolute Gasteiger partial charge is 0.338 e. The number of rotatable bonds is 7. The van der Waals surface area contributed by atoms with E-state index in [9.17, 15) is 4.79 Å². The van der Waals surface area contributed by atoms with Gasteiger partial charge in [-0.3, -0.25) is 4.98 Å². The maximum atomic E-state index is 12.1. The van der Waals surface area contributed by atoms with Crippen molar-refractivity contribution >= 4 is 5.97 Å². The molecule has 0 saturated heterocycles. The van der Waals surface area contributed by atoms with Gasteiger partial charge in [-0.05, 0) is 49.8 Å². The summed E-state index contributed by atoms with van der Waals surface area (Å²) in [4.78, 5) is 18.4. The molecular weight excluding hydrogens is 340 g/mol. The quantitative estimate of drug-likeness (QED) is 0.603. The fourth-order valence-corrected chi connectivity index (χ4v) is 2.92. The van der Waals surface area contributed by atoms with E-state index in [1.165, 1.54) is 7.11 Å². The molecule has 6 heteroatoms. The van der Waals surface area contributed by atoms with Gasteiger partial charge in [0, 0.05) is 31.6 Å². The fraction of sp³-hybridized carbons (Fsp3) is 0.286. The SMILES string of the molecule is COC(=O)c1ccncc1Cc1nn(-c2ccccc2)cc1CCN(C)C. The van der Waals surface area contributed by atoms with Crippen molar-refractivity contribution in [2.45, 2.75) is 12.8 Å². The van der Waals surface area contributed by atoms with E-state index in [2.05, 4.69) is 30.2 Å². The van der Waals surface area contributed by atoms with E-state index in [0.29, 0.717) is 12.0 Å². The van der Waals surface area contributed by atoms with Gasteiger partial charge in [0.25, 0.3) is 0 Å². The van der Waals surface area contributed by atoms with Crippen molar-refractivity contribution in [2.24, 2.45) is 0 Å². The van der Waals surface area contributed by atoms with E-state index in [0.717, 1.165) is 35.5 Å². The van der Waals surface area contributed by atoms with Crippen LogP contribution in [0.15, 0.2) is 55.0 Å². The Hall–Kier alpha value is -2.99. The maximum absolute atomic E-state index is 12.1. The maximum Gasteiger partial charge on any atom is 0.338 e. The van der Waals surface area contributed by atoms with Gasteiger partial charge < -0.3 is 9.64 Å². The molecule has 0 fully saturated rings. The molecule has 1 aromatic carbocycles. The van der Waals surface area contributed by atoms with E-state index >= 15 is 0 Å². The summed E-state index contributed by atoms with van der Waals surface area (Å²) in [5, 5.41) is 4.80. The molecule has 0 aliphatic heterocycles. The van der Waals surface area contributed by atoms with Crippen LogP contribution in [0.2, 0.25) is 0 Å². The molecule has 0 unspecified atom stereocenters. The summed E-state index contributed by atoms with van der Waals surface area (Å²) in [6.45, 7) is 0.921. The Labute approximate surface area is 159 Å².